The van der Waals surface area contributed by atoms with Gasteiger partial charge in [0.1, 0.15) is 5.75 Å². The molecule has 1 atom stereocenters. The van der Waals surface area contributed by atoms with Gasteiger partial charge in [0, 0.05) is 7.05 Å². The number of alkyl halides is 3. The summed E-state index contributed by atoms with van der Waals surface area (Å²) in [6.07, 6.45) is -4.36. The number of rotatable bonds is 7. The normalized spacial score (nSPS) is 12.9. The van der Waals surface area contributed by atoms with Crippen molar-refractivity contribution in [3.05, 3.63) is 54.1 Å². The van der Waals surface area contributed by atoms with Gasteiger partial charge in [0.2, 0.25) is 10.0 Å². The Labute approximate surface area is 167 Å². The van der Waals surface area contributed by atoms with Gasteiger partial charge in [-0.25, -0.2) is 8.42 Å². The van der Waals surface area contributed by atoms with E-state index < -0.39 is 33.8 Å². The van der Waals surface area contributed by atoms with Crippen molar-refractivity contribution >= 4 is 27.3 Å². The van der Waals surface area contributed by atoms with Crippen molar-refractivity contribution in [2.24, 2.45) is 0 Å². The average molecular weight is 430 g/mol. The number of ether oxygens (including phenoxy) is 1. The van der Waals surface area contributed by atoms with Gasteiger partial charge in [-0.15, -0.1) is 0 Å². The molecule has 2 aromatic rings. The smallest absolute Gasteiger partial charge is 0.418 e. The van der Waals surface area contributed by atoms with Crippen LogP contribution < -0.4 is 14.4 Å². The summed E-state index contributed by atoms with van der Waals surface area (Å²) in [4.78, 5) is 12.4. The van der Waals surface area contributed by atoms with Crippen molar-refractivity contribution in [1.82, 2.24) is 0 Å². The largest absolute Gasteiger partial charge is 0.481 e. The summed E-state index contributed by atoms with van der Waals surface area (Å²) in [6.45, 7) is 1.66. The molecule has 0 aliphatic carbocycles. The predicted octanol–water partition coefficient (Wildman–Crippen LogP) is 3.90. The van der Waals surface area contributed by atoms with Crippen molar-refractivity contribution in [2.45, 2.75) is 25.6 Å². The zero-order valence-corrected chi connectivity index (χ0v) is 16.8. The number of anilines is 2. The number of benzene rings is 2. The minimum Gasteiger partial charge on any atom is -0.481 e. The molecule has 0 fully saturated rings. The summed E-state index contributed by atoms with van der Waals surface area (Å²) in [5.41, 5.74) is -0.898. The van der Waals surface area contributed by atoms with E-state index in [9.17, 15) is 26.4 Å². The topological polar surface area (TPSA) is 75.7 Å². The molecule has 0 bridgehead atoms. The molecule has 0 aliphatic rings. The van der Waals surface area contributed by atoms with Gasteiger partial charge in [-0.1, -0.05) is 19.1 Å². The first kappa shape index (κ1) is 22.5. The van der Waals surface area contributed by atoms with Gasteiger partial charge in [-0.2, -0.15) is 13.2 Å². The lowest BCUT2D eigenvalue weighted by Gasteiger charge is -2.20. The molecular formula is C19H21F3N2O4S. The first-order valence-corrected chi connectivity index (χ1v) is 10.5. The van der Waals surface area contributed by atoms with Gasteiger partial charge in [-0.3, -0.25) is 9.10 Å². The van der Waals surface area contributed by atoms with Crippen molar-refractivity contribution in [1.29, 1.82) is 0 Å². The van der Waals surface area contributed by atoms with Crippen LogP contribution in [0.25, 0.3) is 0 Å². The summed E-state index contributed by atoms with van der Waals surface area (Å²) in [7, 11) is -2.03. The lowest BCUT2D eigenvalue weighted by atomic mass is 10.1. The number of para-hydroxylation sites is 1. The molecule has 0 aromatic heterocycles. The first-order valence-electron chi connectivity index (χ1n) is 8.61. The molecule has 1 N–H and O–H groups in total. The highest BCUT2D eigenvalue weighted by Gasteiger charge is 2.34. The Morgan fingerprint density at radius 1 is 1.14 bits per heavy atom. The molecule has 0 aliphatic heterocycles. The van der Waals surface area contributed by atoms with Crippen LogP contribution in [0.5, 0.6) is 5.75 Å². The summed E-state index contributed by atoms with van der Waals surface area (Å²) in [5, 5.41) is 2.27. The molecule has 0 saturated heterocycles. The van der Waals surface area contributed by atoms with E-state index in [1.165, 1.54) is 49.5 Å². The van der Waals surface area contributed by atoms with E-state index in [4.69, 9.17) is 4.74 Å². The lowest BCUT2D eigenvalue weighted by molar-refractivity contribution is -0.137. The number of hydrogen-bond donors (Lipinski definition) is 1. The molecule has 2 rings (SSSR count). The maximum absolute atomic E-state index is 13.1. The molecule has 0 spiro atoms. The Balaban J connectivity index is 2.14. The highest BCUT2D eigenvalue weighted by Crippen LogP contribution is 2.34. The van der Waals surface area contributed by atoms with Crippen molar-refractivity contribution < 1.29 is 31.1 Å². The molecule has 158 valence electrons. The maximum Gasteiger partial charge on any atom is 0.418 e. The van der Waals surface area contributed by atoms with Gasteiger partial charge in [-0.05, 0) is 42.8 Å². The van der Waals surface area contributed by atoms with Gasteiger partial charge in [0.15, 0.2) is 6.10 Å². The van der Waals surface area contributed by atoms with Gasteiger partial charge in [0.25, 0.3) is 5.91 Å². The monoisotopic (exact) mass is 430 g/mol. The zero-order valence-electron chi connectivity index (χ0n) is 16.0. The predicted molar refractivity (Wildman–Crippen MR) is 104 cm³/mol. The third kappa shape index (κ3) is 5.86. The zero-order chi connectivity index (χ0) is 21.8. The van der Waals surface area contributed by atoms with E-state index in [0.29, 0.717) is 5.69 Å². The molecule has 1 amide bonds. The highest BCUT2D eigenvalue weighted by atomic mass is 32.2. The van der Waals surface area contributed by atoms with Crippen LogP contribution in [-0.4, -0.2) is 33.7 Å². The number of carbonyl (C=O) groups is 1. The molecule has 29 heavy (non-hydrogen) atoms. The van der Waals surface area contributed by atoms with Crippen LogP contribution in [-0.2, 0) is 21.0 Å². The van der Waals surface area contributed by atoms with Crippen LogP contribution in [0.4, 0.5) is 24.5 Å². The van der Waals surface area contributed by atoms with Crippen LogP contribution in [0, 0.1) is 0 Å². The minimum atomic E-state index is -4.60. The fourth-order valence-corrected chi connectivity index (χ4v) is 2.97. The third-order valence-corrected chi connectivity index (χ3v) is 5.34. The molecular weight excluding hydrogens is 409 g/mol. The maximum atomic E-state index is 13.1. The Bertz CT molecular complexity index is 960. The lowest BCUT2D eigenvalue weighted by Crippen LogP contribution is -2.33. The molecule has 6 nitrogen and oxygen atoms in total. The number of amides is 1. The molecule has 10 heteroatoms. The van der Waals surface area contributed by atoms with E-state index >= 15 is 0 Å². The summed E-state index contributed by atoms with van der Waals surface area (Å²) >= 11 is 0. The fraction of sp³-hybridized carbons (Fsp3) is 0.316. The minimum absolute atomic E-state index is 0.213. The molecule has 1 unspecified atom stereocenters. The third-order valence-electron chi connectivity index (χ3n) is 4.13. The molecule has 0 radical (unpaired) electrons. The second-order valence-corrected chi connectivity index (χ2v) is 8.29. The van der Waals surface area contributed by atoms with Crippen LogP contribution in [0.3, 0.4) is 0 Å². The van der Waals surface area contributed by atoms with Crippen molar-refractivity contribution in [3.63, 3.8) is 0 Å². The Morgan fingerprint density at radius 2 is 1.72 bits per heavy atom. The first-order chi connectivity index (χ1) is 13.4. The van der Waals surface area contributed by atoms with E-state index in [-0.39, 0.29) is 17.9 Å². The fourth-order valence-electron chi connectivity index (χ4n) is 2.47. The second kappa shape index (κ2) is 8.73. The van der Waals surface area contributed by atoms with E-state index in [1.807, 2.05) is 0 Å². The van der Waals surface area contributed by atoms with Gasteiger partial charge in [0.05, 0.1) is 23.2 Å². The summed E-state index contributed by atoms with van der Waals surface area (Å²) < 4.78 is 69.0. The van der Waals surface area contributed by atoms with Crippen LogP contribution in [0.2, 0.25) is 0 Å². The number of hydrogen-bond acceptors (Lipinski definition) is 4. The molecule has 2 aromatic carbocycles. The second-order valence-electron chi connectivity index (χ2n) is 6.27. The molecule has 0 saturated carbocycles. The quantitative estimate of drug-likeness (QED) is 0.723. The Morgan fingerprint density at radius 3 is 2.24 bits per heavy atom. The van der Waals surface area contributed by atoms with Gasteiger partial charge < -0.3 is 10.1 Å². The van der Waals surface area contributed by atoms with Gasteiger partial charge >= 0.3 is 6.18 Å². The standard InChI is InChI=1S/C19H21F3N2O4S/c1-4-17(18(25)23-16-8-6-5-7-15(16)19(20,21)22)28-14-11-9-13(10-12-14)24(2)29(3,26)27/h5-12,17H,4H2,1-3H3,(H,23,25). The average Bonchev–Trinajstić information content (AvgIpc) is 2.64. The number of nitrogens with one attached hydrogen (secondary N) is 1. The summed E-state index contributed by atoms with van der Waals surface area (Å²) in [6, 6.07) is 10.6. The number of nitrogens with zero attached hydrogens (tertiary/aromatic N) is 1. The Kier molecular flexibility index (Phi) is 6.78. The number of sulfonamides is 1. The number of carbonyl (C=O) groups excluding carboxylic acids is 1. The van der Waals surface area contributed by atoms with Crippen LogP contribution in [0.1, 0.15) is 18.9 Å². The van der Waals surface area contributed by atoms with E-state index in [0.717, 1.165) is 16.6 Å². The highest BCUT2D eigenvalue weighted by molar-refractivity contribution is 7.92. The van der Waals surface area contributed by atoms with Crippen molar-refractivity contribution in [2.75, 3.05) is 22.9 Å². The Hall–Kier alpha value is -2.75. The summed E-state index contributed by atoms with van der Waals surface area (Å²) in [5.74, 6) is -0.441. The van der Waals surface area contributed by atoms with Crippen LogP contribution in [0.15, 0.2) is 48.5 Å². The SMILES string of the molecule is CCC(Oc1ccc(N(C)S(C)(=O)=O)cc1)C(=O)Nc1ccccc1C(F)(F)F. The number of halogens is 3. The van der Waals surface area contributed by atoms with Crippen LogP contribution >= 0.6 is 0 Å². The van der Waals surface area contributed by atoms with Crippen molar-refractivity contribution in [3.8, 4) is 5.75 Å². The van der Waals surface area contributed by atoms with E-state index in [2.05, 4.69) is 5.32 Å². The molecule has 0 heterocycles. The van der Waals surface area contributed by atoms with E-state index in [1.54, 1.807) is 6.92 Å².